The quantitative estimate of drug-likeness (QED) is 0.763. The molecule has 1 unspecified atom stereocenters. The Balaban J connectivity index is 1.81. The van der Waals surface area contributed by atoms with E-state index in [1.165, 1.54) is 0 Å². The van der Waals surface area contributed by atoms with Crippen LogP contribution in [0.2, 0.25) is 0 Å². The van der Waals surface area contributed by atoms with Crippen LogP contribution in [0, 0.1) is 13.8 Å². The van der Waals surface area contributed by atoms with E-state index in [4.69, 9.17) is 0 Å². The third-order valence-corrected chi connectivity index (χ3v) is 5.07. The van der Waals surface area contributed by atoms with Gasteiger partial charge in [-0.1, -0.05) is 18.9 Å². The second kappa shape index (κ2) is 6.07. The topological polar surface area (TPSA) is 96.7 Å². The molecule has 0 spiro atoms. The predicted octanol–water partition coefficient (Wildman–Crippen LogP) is 2.33. The van der Waals surface area contributed by atoms with Gasteiger partial charge in [0.25, 0.3) is 5.56 Å². The van der Waals surface area contributed by atoms with Crippen molar-refractivity contribution in [2.45, 2.75) is 51.7 Å². The van der Waals surface area contributed by atoms with Crippen molar-refractivity contribution in [2.75, 3.05) is 0 Å². The number of pyridine rings is 1. The summed E-state index contributed by atoms with van der Waals surface area (Å²) in [6.45, 7) is 3.98. The van der Waals surface area contributed by atoms with Gasteiger partial charge < -0.3 is 10.1 Å². The lowest BCUT2D eigenvalue weighted by Crippen LogP contribution is -2.21. The number of benzene rings is 1. The Kier molecular flexibility index (Phi) is 3.88. The number of nitrogens with zero attached hydrogens (tertiary/aromatic N) is 4. The van der Waals surface area contributed by atoms with Crippen LogP contribution in [0.15, 0.2) is 23.0 Å². The highest BCUT2D eigenvalue weighted by Crippen LogP contribution is 2.31. The summed E-state index contributed by atoms with van der Waals surface area (Å²) in [7, 11) is 0. The third kappa shape index (κ3) is 2.74. The molecule has 1 fully saturated rings. The summed E-state index contributed by atoms with van der Waals surface area (Å²) in [5.41, 5.74) is 2.86. The number of hydrogen-bond acceptors (Lipinski definition) is 5. The van der Waals surface area contributed by atoms with E-state index in [0.29, 0.717) is 5.82 Å². The summed E-state index contributed by atoms with van der Waals surface area (Å²) in [6, 6.07) is 5.94. The number of hydrogen-bond donors (Lipinski definition) is 2. The molecule has 7 nitrogen and oxygen atoms in total. The van der Waals surface area contributed by atoms with Crippen LogP contribution in [-0.2, 0) is 0 Å². The minimum absolute atomic E-state index is 0.198. The van der Waals surface area contributed by atoms with Crippen molar-refractivity contribution in [3.63, 3.8) is 0 Å². The molecule has 1 aliphatic carbocycles. The molecule has 2 heterocycles. The van der Waals surface area contributed by atoms with Crippen molar-refractivity contribution in [1.82, 2.24) is 25.2 Å². The van der Waals surface area contributed by atoms with Gasteiger partial charge in [0.1, 0.15) is 6.10 Å². The minimum atomic E-state index is -1.15. The van der Waals surface area contributed by atoms with E-state index < -0.39 is 6.10 Å². The summed E-state index contributed by atoms with van der Waals surface area (Å²) in [5.74, 6) is 0.335. The number of aromatic nitrogens is 5. The Morgan fingerprint density at radius 2 is 2.00 bits per heavy atom. The SMILES string of the molecule is Cc1cc(C)c2cc(C(O)c3nnnn3C3CCCC3)c(=O)[nH]c2c1. The number of aromatic amines is 1. The maximum absolute atomic E-state index is 12.5. The maximum atomic E-state index is 12.5. The molecule has 2 aromatic heterocycles. The predicted molar refractivity (Wildman–Crippen MR) is 93.4 cm³/mol. The second-order valence-corrected chi connectivity index (χ2v) is 6.92. The van der Waals surface area contributed by atoms with Gasteiger partial charge in [0, 0.05) is 10.9 Å². The lowest BCUT2D eigenvalue weighted by atomic mass is 10.0. The molecule has 1 aliphatic rings. The standard InChI is InChI=1S/C18H21N5O2/c1-10-7-11(2)13-9-14(18(25)19-15(13)8-10)16(24)17-20-21-22-23(17)12-5-3-4-6-12/h7-9,12,16,24H,3-6H2,1-2H3,(H,19,25). The molecule has 1 aromatic carbocycles. The van der Waals surface area contributed by atoms with E-state index in [9.17, 15) is 9.90 Å². The Bertz CT molecular complexity index is 985. The molecule has 0 amide bonds. The van der Waals surface area contributed by atoms with E-state index >= 15 is 0 Å². The summed E-state index contributed by atoms with van der Waals surface area (Å²) >= 11 is 0. The van der Waals surface area contributed by atoms with Crippen LogP contribution in [0.1, 0.15) is 60.3 Å². The summed E-state index contributed by atoms with van der Waals surface area (Å²) < 4.78 is 1.68. The van der Waals surface area contributed by atoms with Crippen LogP contribution in [0.3, 0.4) is 0 Å². The Morgan fingerprint density at radius 1 is 1.24 bits per heavy atom. The highest BCUT2D eigenvalue weighted by atomic mass is 16.3. The van der Waals surface area contributed by atoms with Crippen molar-refractivity contribution >= 4 is 10.9 Å². The molecule has 0 bridgehead atoms. The van der Waals surface area contributed by atoms with Gasteiger partial charge in [-0.3, -0.25) is 4.79 Å². The van der Waals surface area contributed by atoms with Gasteiger partial charge in [-0.05, 0) is 60.4 Å². The van der Waals surface area contributed by atoms with E-state index in [2.05, 4.69) is 26.6 Å². The second-order valence-electron chi connectivity index (χ2n) is 6.92. The minimum Gasteiger partial charge on any atom is -0.380 e. The lowest BCUT2D eigenvalue weighted by Gasteiger charge is -2.15. The highest BCUT2D eigenvalue weighted by molar-refractivity contribution is 5.83. The lowest BCUT2D eigenvalue weighted by molar-refractivity contribution is 0.196. The maximum Gasteiger partial charge on any atom is 0.254 e. The monoisotopic (exact) mass is 339 g/mol. The molecule has 0 saturated heterocycles. The van der Waals surface area contributed by atoms with Gasteiger partial charge in [0.05, 0.1) is 11.6 Å². The molecule has 25 heavy (non-hydrogen) atoms. The summed E-state index contributed by atoms with van der Waals surface area (Å²) in [6.07, 6.45) is 3.11. The number of fused-ring (bicyclic) bond motifs is 1. The van der Waals surface area contributed by atoms with Crippen LogP contribution in [0.25, 0.3) is 10.9 Å². The van der Waals surface area contributed by atoms with Gasteiger partial charge in [0.2, 0.25) is 0 Å². The number of tetrazole rings is 1. The van der Waals surface area contributed by atoms with Crippen molar-refractivity contribution in [3.8, 4) is 0 Å². The Labute approximate surface area is 144 Å². The number of aliphatic hydroxyl groups excluding tert-OH is 1. The molecule has 1 saturated carbocycles. The van der Waals surface area contributed by atoms with Crippen molar-refractivity contribution in [2.24, 2.45) is 0 Å². The number of aryl methyl sites for hydroxylation is 2. The Morgan fingerprint density at radius 3 is 2.76 bits per heavy atom. The molecule has 0 aliphatic heterocycles. The number of H-pyrrole nitrogens is 1. The molecule has 1 atom stereocenters. The first-order valence-electron chi connectivity index (χ1n) is 8.64. The third-order valence-electron chi connectivity index (χ3n) is 5.07. The Hall–Kier alpha value is -2.54. The van der Waals surface area contributed by atoms with Crippen molar-refractivity contribution < 1.29 is 5.11 Å². The molecule has 3 aromatic rings. The average Bonchev–Trinajstić information content (AvgIpc) is 3.24. The first kappa shape index (κ1) is 16.0. The molecule has 4 rings (SSSR count). The first-order chi connectivity index (χ1) is 12.0. The smallest absolute Gasteiger partial charge is 0.254 e. The zero-order chi connectivity index (χ0) is 17.6. The summed E-state index contributed by atoms with van der Waals surface area (Å²) in [5, 5.41) is 23.5. The number of rotatable bonds is 3. The molecule has 0 radical (unpaired) electrons. The number of nitrogens with one attached hydrogen (secondary N) is 1. The largest absolute Gasteiger partial charge is 0.380 e. The van der Waals surface area contributed by atoms with Crippen LogP contribution in [-0.4, -0.2) is 30.3 Å². The average molecular weight is 339 g/mol. The van der Waals surface area contributed by atoms with Crippen molar-refractivity contribution in [3.05, 3.63) is 51.1 Å². The van der Waals surface area contributed by atoms with E-state index in [0.717, 1.165) is 47.7 Å². The molecule has 7 heteroatoms. The number of aliphatic hydroxyl groups is 1. The van der Waals surface area contributed by atoms with Crippen molar-refractivity contribution in [1.29, 1.82) is 0 Å². The van der Waals surface area contributed by atoms with Gasteiger partial charge in [-0.15, -0.1) is 5.10 Å². The molecule has 130 valence electrons. The first-order valence-corrected chi connectivity index (χ1v) is 8.64. The van der Waals surface area contributed by atoms with Crippen LogP contribution >= 0.6 is 0 Å². The van der Waals surface area contributed by atoms with Crippen LogP contribution < -0.4 is 5.56 Å². The fraction of sp³-hybridized carbons (Fsp3) is 0.444. The van der Waals surface area contributed by atoms with Gasteiger partial charge in [-0.25, -0.2) is 4.68 Å². The van der Waals surface area contributed by atoms with E-state index in [1.807, 2.05) is 19.9 Å². The zero-order valence-corrected chi connectivity index (χ0v) is 14.4. The van der Waals surface area contributed by atoms with Crippen LogP contribution in [0.5, 0.6) is 0 Å². The highest BCUT2D eigenvalue weighted by Gasteiger charge is 2.27. The molecular formula is C18H21N5O2. The fourth-order valence-corrected chi connectivity index (χ4v) is 3.82. The van der Waals surface area contributed by atoms with Gasteiger partial charge in [0.15, 0.2) is 5.82 Å². The van der Waals surface area contributed by atoms with E-state index in [1.54, 1.807) is 10.7 Å². The zero-order valence-electron chi connectivity index (χ0n) is 14.4. The summed E-state index contributed by atoms with van der Waals surface area (Å²) in [4.78, 5) is 15.4. The van der Waals surface area contributed by atoms with Gasteiger partial charge in [-0.2, -0.15) is 0 Å². The van der Waals surface area contributed by atoms with E-state index in [-0.39, 0.29) is 17.2 Å². The van der Waals surface area contributed by atoms with Gasteiger partial charge >= 0.3 is 0 Å². The molecule has 2 N–H and O–H groups in total. The van der Waals surface area contributed by atoms with Crippen LogP contribution in [0.4, 0.5) is 0 Å². The molecular weight excluding hydrogens is 318 g/mol. The fourth-order valence-electron chi connectivity index (χ4n) is 3.82. The normalized spacial score (nSPS) is 16.6.